The molecule has 1 amide bonds. The van der Waals surface area contributed by atoms with Crippen molar-refractivity contribution >= 4 is 35.0 Å². The lowest BCUT2D eigenvalue weighted by molar-refractivity contribution is -0.113. The minimum absolute atomic E-state index is 0.138. The molecule has 1 atom stereocenters. The number of aromatic nitrogens is 3. The molecule has 3 rings (SSSR count). The lowest BCUT2D eigenvalue weighted by Crippen LogP contribution is -2.15. The molecule has 0 fully saturated rings. The molecule has 9 heteroatoms. The van der Waals surface area contributed by atoms with Crippen molar-refractivity contribution in [2.45, 2.75) is 31.7 Å². The SMILES string of the molecule is CCn1c(SCC(=O)Nc2cccc(OC)c2)nnc1[C@H](C)Oc1ccccc1Cl. The van der Waals surface area contributed by atoms with Gasteiger partial charge in [-0.2, -0.15) is 0 Å². The Balaban J connectivity index is 1.63. The van der Waals surface area contributed by atoms with Crippen molar-refractivity contribution in [2.24, 2.45) is 0 Å². The van der Waals surface area contributed by atoms with Gasteiger partial charge in [0.2, 0.25) is 5.91 Å². The highest BCUT2D eigenvalue weighted by Gasteiger charge is 2.20. The van der Waals surface area contributed by atoms with Crippen molar-refractivity contribution < 1.29 is 14.3 Å². The first-order chi connectivity index (χ1) is 14.5. The number of para-hydroxylation sites is 1. The number of ether oxygens (including phenoxy) is 2. The van der Waals surface area contributed by atoms with Crippen molar-refractivity contribution in [1.82, 2.24) is 14.8 Å². The van der Waals surface area contributed by atoms with E-state index in [1.54, 1.807) is 19.2 Å². The van der Waals surface area contributed by atoms with Gasteiger partial charge in [0.1, 0.15) is 11.5 Å². The van der Waals surface area contributed by atoms with Crippen LogP contribution < -0.4 is 14.8 Å². The molecule has 30 heavy (non-hydrogen) atoms. The van der Waals surface area contributed by atoms with Crippen LogP contribution >= 0.6 is 23.4 Å². The van der Waals surface area contributed by atoms with E-state index in [0.717, 1.165) is 0 Å². The second kappa shape index (κ2) is 10.4. The fourth-order valence-electron chi connectivity index (χ4n) is 2.82. The van der Waals surface area contributed by atoms with Gasteiger partial charge in [-0.15, -0.1) is 10.2 Å². The van der Waals surface area contributed by atoms with Crippen molar-refractivity contribution in [2.75, 3.05) is 18.2 Å². The Labute approximate surface area is 184 Å². The van der Waals surface area contributed by atoms with Gasteiger partial charge in [-0.1, -0.05) is 41.6 Å². The molecular formula is C21H23ClN4O3S. The molecule has 1 N–H and O–H groups in total. The van der Waals surface area contributed by atoms with E-state index in [1.165, 1.54) is 11.8 Å². The number of halogens is 1. The number of anilines is 1. The van der Waals surface area contributed by atoms with E-state index in [4.69, 9.17) is 21.1 Å². The minimum Gasteiger partial charge on any atom is -0.497 e. The number of thioether (sulfide) groups is 1. The summed E-state index contributed by atoms with van der Waals surface area (Å²) < 4.78 is 13.1. The maximum atomic E-state index is 12.3. The van der Waals surface area contributed by atoms with E-state index in [1.807, 2.05) is 54.8 Å². The highest BCUT2D eigenvalue weighted by Crippen LogP contribution is 2.29. The standard InChI is InChI=1S/C21H23ClN4O3S/c1-4-26-20(14(2)29-18-11-6-5-10-17(18)22)24-25-21(26)30-13-19(27)23-15-8-7-9-16(12-15)28-3/h5-12,14H,4,13H2,1-3H3,(H,23,27)/t14-/m0/s1. The molecule has 1 heterocycles. The molecule has 0 aliphatic rings. The zero-order valence-corrected chi connectivity index (χ0v) is 18.5. The van der Waals surface area contributed by atoms with Crippen LogP contribution in [-0.2, 0) is 11.3 Å². The molecule has 0 spiro atoms. The van der Waals surface area contributed by atoms with Gasteiger partial charge in [-0.25, -0.2) is 0 Å². The number of carbonyl (C=O) groups is 1. The van der Waals surface area contributed by atoms with Gasteiger partial charge in [0.05, 0.1) is 17.9 Å². The van der Waals surface area contributed by atoms with Gasteiger partial charge < -0.3 is 19.4 Å². The van der Waals surface area contributed by atoms with Crippen LogP contribution in [0.3, 0.4) is 0 Å². The summed E-state index contributed by atoms with van der Waals surface area (Å²) in [6.45, 7) is 4.54. The van der Waals surface area contributed by atoms with E-state index >= 15 is 0 Å². The lowest BCUT2D eigenvalue weighted by atomic mass is 10.3. The first kappa shape index (κ1) is 22.0. The van der Waals surface area contributed by atoms with Crippen LogP contribution in [0.5, 0.6) is 11.5 Å². The molecule has 0 unspecified atom stereocenters. The lowest BCUT2D eigenvalue weighted by Gasteiger charge is -2.16. The van der Waals surface area contributed by atoms with Crippen molar-refractivity contribution in [3.63, 3.8) is 0 Å². The predicted octanol–water partition coefficient (Wildman–Crippen LogP) is 4.83. The van der Waals surface area contributed by atoms with Crippen LogP contribution in [-0.4, -0.2) is 33.5 Å². The van der Waals surface area contributed by atoms with E-state index in [0.29, 0.717) is 39.7 Å². The molecule has 158 valence electrons. The summed E-state index contributed by atoms with van der Waals surface area (Å²) in [5.74, 6) is 2.01. The smallest absolute Gasteiger partial charge is 0.234 e. The zero-order valence-electron chi connectivity index (χ0n) is 17.0. The quantitative estimate of drug-likeness (QED) is 0.474. The number of hydrogen-bond acceptors (Lipinski definition) is 6. The maximum absolute atomic E-state index is 12.3. The summed E-state index contributed by atoms with van der Waals surface area (Å²) in [4.78, 5) is 12.3. The molecule has 0 saturated heterocycles. The average Bonchev–Trinajstić information content (AvgIpc) is 3.17. The molecule has 2 aromatic carbocycles. The third kappa shape index (κ3) is 5.46. The van der Waals surface area contributed by atoms with Crippen LogP contribution in [0.2, 0.25) is 5.02 Å². The number of nitrogens with one attached hydrogen (secondary N) is 1. The van der Waals surface area contributed by atoms with E-state index < -0.39 is 0 Å². The van der Waals surface area contributed by atoms with Crippen LogP contribution in [0, 0.1) is 0 Å². The number of nitrogens with zero attached hydrogens (tertiary/aromatic N) is 3. The second-order valence-electron chi connectivity index (χ2n) is 6.34. The van der Waals surface area contributed by atoms with Crippen molar-refractivity contribution in [3.8, 4) is 11.5 Å². The number of hydrogen-bond donors (Lipinski definition) is 1. The Morgan fingerprint density at radius 1 is 1.23 bits per heavy atom. The number of carbonyl (C=O) groups excluding carboxylic acids is 1. The fraction of sp³-hybridized carbons (Fsp3) is 0.286. The molecular weight excluding hydrogens is 424 g/mol. The second-order valence-corrected chi connectivity index (χ2v) is 7.69. The predicted molar refractivity (Wildman–Crippen MR) is 119 cm³/mol. The summed E-state index contributed by atoms with van der Waals surface area (Å²) in [6, 6.07) is 14.5. The molecule has 1 aromatic heterocycles. The Morgan fingerprint density at radius 3 is 2.77 bits per heavy atom. The zero-order chi connectivity index (χ0) is 21.5. The molecule has 0 radical (unpaired) electrons. The summed E-state index contributed by atoms with van der Waals surface area (Å²) in [5.41, 5.74) is 0.680. The number of rotatable bonds is 9. The van der Waals surface area contributed by atoms with Crippen LogP contribution in [0.25, 0.3) is 0 Å². The maximum Gasteiger partial charge on any atom is 0.234 e. The Bertz CT molecular complexity index is 1010. The monoisotopic (exact) mass is 446 g/mol. The molecule has 0 aliphatic heterocycles. The van der Waals surface area contributed by atoms with E-state index in [2.05, 4.69) is 15.5 Å². The molecule has 3 aromatic rings. The Hall–Kier alpha value is -2.71. The first-order valence-electron chi connectivity index (χ1n) is 9.42. The van der Waals surface area contributed by atoms with Crippen molar-refractivity contribution in [1.29, 1.82) is 0 Å². The molecule has 0 saturated carbocycles. The van der Waals surface area contributed by atoms with Crippen LogP contribution in [0.1, 0.15) is 25.8 Å². The third-order valence-electron chi connectivity index (χ3n) is 4.25. The first-order valence-corrected chi connectivity index (χ1v) is 10.8. The number of benzene rings is 2. The third-order valence-corrected chi connectivity index (χ3v) is 5.53. The summed E-state index contributed by atoms with van der Waals surface area (Å²) >= 11 is 7.50. The minimum atomic E-state index is -0.350. The van der Waals surface area contributed by atoms with Gasteiger partial charge in [-0.05, 0) is 38.1 Å². The fourth-order valence-corrected chi connectivity index (χ4v) is 3.81. The Morgan fingerprint density at radius 2 is 2.03 bits per heavy atom. The van der Waals surface area contributed by atoms with Crippen molar-refractivity contribution in [3.05, 3.63) is 59.4 Å². The molecule has 0 aliphatic carbocycles. The number of methoxy groups -OCH3 is 1. The average molecular weight is 447 g/mol. The van der Waals surface area contributed by atoms with Crippen LogP contribution in [0.15, 0.2) is 53.7 Å². The van der Waals surface area contributed by atoms with Gasteiger partial charge in [-0.3, -0.25) is 4.79 Å². The number of amides is 1. The molecule has 7 nitrogen and oxygen atoms in total. The van der Waals surface area contributed by atoms with Gasteiger partial charge in [0, 0.05) is 18.3 Å². The van der Waals surface area contributed by atoms with E-state index in [-0.39, 0.29) is 17.8 Å². The van der Waals surface area contributed by atoms with Gasteiger partial charge in [0.15, 0.2) is 17.1 Å². The molecule has 0 bridgehead atoms. The summed E-state index contributed by atoms with van der Waals surface area (Å²) in [6.07, 6.45) is -0.350. The van der Waals surface area contributed by atoms with E-state index in [9.17, 15) is 4.79 Å². The highest BCUT2D eigenvalue weighted by atomic mass is 35.5. The normalized spacial score (nSPS) is 11.7. The summed E-state index contributed by atoms with van der Waals surface area (Å²) in [5, 5.41) is 12.6. The highest BCUT2D eigenvalue weighted by molar-refractivity contribution is 7.99. The van der Waals surface area contributed by atoms with Crippen LogP contribution in [0.4, 0.5) is 5.69 Å². The summed E-state index contributed by atoms with van der Waals surface area (Å²) in [7, 11) is 1.59. The van der Waals surface area contributed by atoms with Gasteiger partial charge in [0.25, 0.3) is 0 Å². The largest absolute Gasteiger partial charge is 0.497 e. The van der Waals surface area contributed by atoms with Gasteiger partial charge >= 0.3 is 0 Å². The Kier molecular flexibility index (Phi) is 7.59. The topological polar surface area (TPSA) is 78.3 Å².